The van der Waals surface area contributed by atoms with E-state index in [0.29, 0.717) is 6.54 Å². The van der Waals surface area contributed by atoms with Gasteiger partial charge in [0.1, 0.15) is 0 Å². The van der Waals surface area contributed by atoms with Crippen molar-refractivity contribution in [1.29, 1.82) is 0 Å². The van der Waals surface area contributed by atoms with Gasteiger partial charge in [0.05, 0.1) is 6.54 Å². The SMILES string of the molecule is CC(C)(CNCC(=O)NCC1CC1)c1cccs1. The summed E-state index contributed by atoms with van der Waals surface area (Å²) >= 11 is 1.77. The van der Waals surface area contributed by atoms with E-state index in [4.69, 9.17) is 0 Å². The quantitative estimate of drug-likeness (QED) is 0.794. The lowest BCUT2D eigenvalue weighted by Crippen LogP contribution is -2.40. The molecule has 2 N–H and O–H groups in total. The molecule has 0 radical (unpaired) electrons. The molecule has 1 fully saturated rings. The highest BCUT2D eigenvalue weighted by atomic mass is 32.1. The first kappa shape index (κ1) is 13.6. The molecule has 0 saturated heterocycles. The van der Waals surface area contributed by atoms with E-state index in [-0.39, 0.29) is 11.3 Å². The third-order valence-corrected chi connectivity index (χ3v) is 4.56. The molecule has 4 heteroatoms. The number of hydrogen-bond donors (Lipinski definition) is 2. The van der Waals surface area contributed by atoms with Gasteiger partial charge in [-0.3, -0.25) is 4.79 Å². The van der Waals surface area contributed by atoms with Crippen LogP contribution in [0.15, 0.2) is 17.5 Å². The fourth-order valence-electron chi connectivity index (χ4n) is 1.88. The lowest BCUT2D eigenvalue weighted by molar-refractivity contribution is -0.120. The molecular formula is C14H22N2OS. The van der Waals surface area contributed by atoms with Crippen molar-refractivity contribution < 1.29 is 4.79 Å². The third kappa shape index (κ3) is 4.10. The minimum absolute atomic E-state index is 0.0882. The fourth-order valence-corrected chi connectivity index (χ4v) is 2.73. The molecule has 3 nitrogen and oxygen atoms in total. The maximum atomic E-state index is 11.6. The molecule has 100 valence electrons. The van der Waals surface area contributed by atoms with Crippen LogP contribution >= 0.6 is 11.3 Å². The Labute approximate surface area is 113 Å². The minimum atomic E-state index is 0.0882. The Balaban J connectivity index is 1.66. The molecule has 2 rings (SSSR count). The fraction of sp³-hybridized carbons (Fsp3) is 0.643. The highest BCUT2D eigenvalue weighted by Crippen LogP contribution is 2.27. The average molecular weight is 266 g/mol. The maximum Gasteiger partial charge on any atom is 0.233 e. The lowest BCUT2D eigenvalue weighted by Gasteiger charge is -2.23. The first-order chi connectivity index (χ1) is 8.58. The summed E-state index contributed by atoms with van der Waals surface area (Å²) in [7, 11) is 0. The normalized spacial score (nSPS) is 15.7. The Bertz CT molecular complexity index is 383. The van der Waals surface area contributed by atoms with Crippen LogP contribution in [-0.4, -0.2) is 25.5 Å². The van der Waals surface area contributed by atoms with Gasteiger partial charge >= 0.3 is 0 Å². The predicted molar refractivity (Wildman–Crippen MR) is 75.9 cm³/mol. The predicted octanol–water partition coefficient (Wildman–Crippen LogP) is 2.14. The summed E-state index contributed by atoms with van der Waals surface area (Å²) in [4.78, 5) is 12.9. The number of carbonyl (C=O) groups excluding carboxylic acids is 1. The number of carbonyl (C=O) groups is 1. The molecule has 0 spiro atoms. The van der Waals surface area contributed by atoms with Gasteiger partial charge in [-0.25, -0.2) is 0 Å². The standard InChI is InChI=1S/C14H22N2OS/c1-14(2,12-4-3-7-18-12)10-15-9-13(17)16-8-11-5-6-11/h3-4,7,11,15H,5-6,8-10H2,1-2H3,(H,16,17). The second-order valence-corrected chi connectivity index (χ2v) is 6.66. The molecule has 1 aliphatic carbocycles. The van der Waals surface area contributed by atoms with Crippen molar-refractivity contribution in [2.75, 3.05) is 19.6 Å². The Morgan fingerprint density at radius 3 is 2.89 bits per heavy atom. The second kappa shape index (κ2) is 5.85. The molecule has 1 amide bonds. The number of amides is 1. The Hall–Kier alpha value is -0.870. The number of rotatable bonds is 7. The largest absolute Gasteiger partial charge is 0.355 e. The minimum Gasteiger partial charge on any atom is -0.355 e. The van der Waals surface area contributed by atoms with Crippen molar-refractivity contribution in [2.24, 2.45) is 5.92 Å². The summed E-state index contributed by atoms with van der Waals surface area (Å²) in [5, 5.41) is 8.32. The highest BCUT2D eigenvalue weighted by Gasteiger charge is 2.23. The molecule has 1 aliphatic rings. The van der Waals surface area contributed by atoms with E-state index in [9.17, 15) is 4.79 Å². The van der Waals surface area contributed by atoms with E-state index in [2.05, 4.69) is 42.0 Å². The second-order valence-electron chi connectivity index (χ2n) is 5.71. The van der Waals surface area contributed by atoms with Gasteiger partial charge in [-0.05, 0) is 30.2 Å². The summed E-state index contributed by atoms with van der Waals surface area (Å²) in [6.45, 7) is 6.50. The van der Waals surface area contributed by atoms with E-state index < -0.39 is 0 Å². The maximum absolute atomic E-state index is 11.6. The molecule has 0 bridgehead atoms. The van der Waals surface area contributed by atoms with Crippen LogP contribution in [0, 0.1) is 5.92 Å². The average Bonchev–Trinajstić information content (AvgIpc) is 2.97. The summed E-state index contributed by atoms with van der Waals surface area (Å²) in [6, 6.07) is 4.23. The monoisotopic (exact) mass is 266 g/mol. The van der Waals surface area contributed by atoms with E-state index in [0.717, 1.165) is 19.0 Å². The summed E-state index contributed by atoms with van der Waals surface area (Å²) in [6.07, 6.45) is 2.55. The molecule has 18 heavy (non-hydrogen) atoms. The molecule has 1 heterocycles. The molecule has 0 atom stereocenters. The zero-order valence-corrected chi connectivity index (χ0v) is 12.0. The zero-order chi connectivity index (χ0) is 13.0. The van der Waals surface area contributed by atoms with Gasteiger partial charge in [0.2, 0.25) is 5.91 Å². The first-order valence-electron chi connectivity index (χ1n) is 6.59. The van der Waals surface area contributed by atoms with Crippen LogP contribution in [-0.2, 0) is 10.2 Å². The van der Waals surface area contributed by atoms with E-state index in [1.165, 1.54) is 17.7 Å². The van der Waals surface area contributed by atoms with Crippen LogP contribution in [0.25, 0.3) is 0 Å². The smallest absolute Gasteiger partial charge is 0.233 e. The van der Waals surface area contributed by atoms with Crippen LogP contribution in [0.4, 0.5) is 0 Å². The third-order valence-electron chi connectivity index (χ3n) is 3.33. The molecule has 0 unspecified atom stereocenters. The molecule has 1 aromatic heterocycles. The van der Waals surface area contributed by atoms with Crippen molar-refractivity contribution in [2.45, 2.75) is 32.1 Å². The summed E-state index contributed by atoms with van der Waals surface area (Å²) in [5.41, 5.74) is 0.0882. The highest BCUT2D eigenvalue weighted by molar-refractivity contribution is 7.10. The Morgan fingerprint density at radius 1 is 1.50 bits per heavy atom. The molecule has 0 aromatic carbocycles. The van der Waals surface area contributed by atoms with Crippen LogP contribution in [0.1, 0.15) is 31.6 Å². The van der Waals surface area contributed by atoms with Crippen molar-refractivity contribution in [3.8, 4) is 0 Å². The molecular weight excluding hydrogens is 244 g/mol. The van der Waals surface area contributed by atoms with E-state index >= 15 is 0 Å². The van der Waals surface area contributed by atoms with Crippen molar-refractivity contribution in [1.82, 2.24) is 10.6 Å². The van der Waals surface area contributed by atoms with Crippen LogP contribution in [0.5, 0.6) is 0 Å². The first-order valence-corrected chi connectivity index (χ1v) is 7.47. The molecule has 0 aliphatic heterocycles. The number of nitrogens with one attached hydrogen (secondary N) is 2. The van der Waals surface area contributed by atoms with Crippen LogP contribution in [0.3, 0.4) is 0 Å². The number of thiophene rings is 1. The zero-order valence-electron chi connectivity index (χ0n) is 11.2. The topological polar surface area (TPSA) is 41.1 Å². The van der Waals surface area contributed by atoms with Crippen molar-refractivity contribution in [3.63, 3.8) is 0 Å². The van der Waals surface area contributed by atoms with E-state index in [1.807, 2.05) is 0 Å². The molecule has 1 aromatic rings. The van der Waals surface area contributed by atoms with Gasteiger partial charge < -0.3 is 10.6 Å². The van der Waals surface area contributed by atoms with Crippen molar-refractivity contribution in [3.05, 3.63) is 22.4 Å². The van der Waals surface area contributed by atoms with Gasteiger partial charge in [-0.2, -0.15) is 0 Å². The molecule has 1 saturated carbocycles. The van der Waals surface area contributed by atoms with Crippen LogP contribution < -0.4 is 10.6 Å². The van der Waals surface area contributed by atoms with Crippen molar-refractivity contribution >= 4 is 17.2 Å². The van der Waals surface area contributed by atoms with Gasteiger partial charge in [0.15, 0.2) is 0 Å². The van der Waals surface area contributed by atoms with Gasteiger partial charge in [0, 0.05) is 23.4 Å². The van der Waals surface area contributed by atoms with Gasteiger partial charge in [-0.15, -0.1) is 11.3 Å². The Kier molecular flexibility index (Phi) is 4.40. The summed E-state index contributed by atoms with van der Waals surface area (Å²) < 4.78 is 0. The van der Waals surface area contributed by atoms with Gasteiger partial charge in [-0.1, -0.05) is 19.9 Å². The summed E-state index contributed by atoms with van der Waals surface area (Å²) in [5.74, 6) is 0.861. The van der Waals surface area contributed by atoms with E-state index in [1.54, 1.807) is 11.3 Å². The lowest BCUT2D eigenvalue weighted by atomic mass is 9.91. The van der Waals surface area contributed by atoms with Crippen LogP contribution in [0.2, 0.25) is 0 Å². The number of hydrogen-bond acceptors (Lipinski definition) is 3. The van der Waals surface area contributed by atoms with Gasteiger partial charge in [0.25, 0.3) is 0 Å². The Morgan fingerprint density at radius 2 is 2.28 bits per heavy atom.